The lowest BCUT2D eigenvalue weighted by Crippen LogP contribution is -2.11. The van der Waals surface area contributed by atoms with E-state index in [9.17, 15) is 0 Å². The van der Waals surface area contributed by atoms with Crippen molar-refractivity contribution in [1.29, 1.82) is 0 Å². The summed E-state index contributed by atoms with van der Waals surface area (Å²) in [4.78, 5) is 0. The topological polar surface area (TPSA) is 26.0 Å². The van der Waals surface area contributed by atoms with Gasteiger partial charge < -0.3 is 5.73 Å². The monoisotopic (exact) mass is 205 g/mol. The molecule has 0 unspecified atom stereocenters. The van der Waals surface area contributed by atoms with E-state index in [-0.39, 0.29) is 6.04 Å². The van der Waals surface area contributed by atoms with Gasteiger partial charge in [-0.2, -0.15) is 0 Å². The van der Waals surface area contributed by atoms with Crippen molar-refractivity contribution >= 4 is 0 Å². The van der Waals surface area contributed by atoms with E-state index in [1.807, 2.05) is 0 Å². The van der Waals surface area contributed by atoms with Gasteiger partial charge in [-0.05, 0) is 49.3 Å². The second-order valence-corrected chi connectivity index (χ2v) is 4.92. The molecule has 0 amide bonds. The molecule has 0 aliphatic rings. The lowest BCUT2D eigenvalue weighted by Gasteiger charge is -2.14. The summed E-state index contributed by atoms with van der Waals surface area (Å²) in [5.41, 5.74) is 10.1. The van der Waals surface area contributed by atoms with Crippen molar-refractivity contribution in [1.82, 2.24) is 0 Å². The number of rotatable bonds is 4. The molecular formula is C14H23N. The van der Waals surface area contributed by atoms with E-state index in [0.29, 0.717) is 0 Å². The molecule has 0 spiro atoms. The summed E-state index contributed by atoms with van der Waals surface area (Å²) in [6, 6.07) is 6.75. The second-order valence-electron chi connectivity index (χ2n) is 4.92. The molecule has 0 heterocycles. The quantitative estimate of drug-likeness (QED) is 0.796. The molecule has 0 aliphatic carbocycles. The van der Waals surface area contributed by atoms with E-state index in [0.717, 1.165) is 12.3 Å². The van der Waals surface area contributed by atoms with Gasteiger partial charge in [0.05, 0.1) is 0 Å². The van der Waals surface area contributed by atoms with Crippen LogP contribution in [0.2, 0.25) is 0 Å². The minimum absolute atomic E-state index is 0.201. The van der Waals surface area contributed by atoms with E-state index in [1.54, 1.807) is 0 Å². The third-order valence-electron chi connectivity index (χ3n) is 3.01. The lowest BCUT2D eigenvalue weighted by molar-refractivity contribution is 0.507. The van der Waals surface area contributed by atoms with Crippen LogP contribution in [0.3, 0.4) is 0 Å². The molecule has 1 atom stereocenters. The average molecular weight is 205 g/mol. The second kappa shape index (κ2) is 5.32. The van der Waals surface area contributed by atoms with Crippen molar-refractivity contribution in [2.24, 2.45) is 11.7 Å². The van der Waals surface area contributed by atoms with Crippen molar-refractivity contribution in [3.05, 3.63) is 34.9 Å². The molecule has 0 fully saturated rings. The molecule has 0 saturated carbocycles. The molecule has 84 valence electrons. The largest absolute Gasteiger partial charge is 0.324 e. The minimum Gasteiger partial charge on any atom is -0.324 e. The first-order valence-electron chi connectivity index (χ1n) is 5.83. The fraction of sp³-hybridized carbons (Fsp3) is 0.571. The zero-order valence-corrected chi connectivity index (χ0v) is 10.4. The first-order chi connectivity index (χ1) is 7.00. The van der Waals surface area contributed by atoms with E-state index in [4.69, 9.17) is 5.73 Å². The molecule has 0 bridgehead atoms. The Morgan fingerprint density at radius 1 is 1.07 bits per heavy atom. The van der Waals surface area contributed by atoms with Crippen molar-refractivity contribution in [3.63, 3.8) is 0 Å². The molecule has 0 aliphatic heterocycles. The van der Waals surface area contributed by atoms with Gasteiger partial charge in [0, 0.05) is 6.04 Å². The maximum absolute atomic E-state index is 6.16. The fourth-order valence-corrected chi connectivity index (χ4v) is 1.67. The Balaban J connectivity index is 2.65. The molecular weight excluding hydrogens is 182 g/mol. The lowest BCUT2D eigenvalue weighted by atomic mass is 9.96. The summed E-state index contributed by atoms with van der Waals surface area (Å²) < 4.78 is 0. The SMILES string of the molecule is Cc1ccc([C@H](N)CCC(C)C)cc1C. The van der Waals surface area contributed by atoms with E-state index < -0.39 is 0 Å². The predicted molar refractivity (Wildman–Crippen MR) is 66.9 cm³/mol. The average Bonchev–Trinajstić information content (AvgIpc) is 2.18. The minimum atomic E-state index is 0.201. The Morgan fingerprint density at radius 2 is 1.73 bits per heavy atom. The van der Waals surface area contributed by atoms with Gasteiger partial charge in [-0.1, -0.05) is 32.0 Å². The highest BCUT2D eigenvalue weighted by atomic mass is 14.6. The third kappa shape index (κ3) is 3.67. The van der Waals surface area contributed by atoms with Crippen molar-refractivity contribution in [2.45, 2.75) is 46.6 Å². The van der Waals surface area contributed by atoms with Gasteiger partial charge in [0.25, 0.3) is 0 Å². The fourth-order valence-electron chi connectivity index (χ4n) is 1.67. The summed E-state index contributed by atoms with van der Waals surface area (Å²) in [7, 11) is 0. The highest BCUT2D eigenvalue weighted by Gasteiger charge is 2.07. The van der Waals surface area contributed by atoms with Crippen LogP contribution in [0, 0.1) is 19.8 Å². The van der Waals surface area contributed by atoms with Crippen LogP contribution in [-0.2, 0) is 0 Å². The molecule has 15 heavy (non-hydrogen) atoms. The summed E-state index contributed by atoms with van der Waals surface area (Å²) in [6.45, 7) is 8.77. The van der Waals surface area contributed by atoms with Crippen molar-refractivity contribution in [2.75, 3.05) is 0 Å². The Labute approximate surface area is 93.7 Å². The first-order valence-corrected chi connectivity index (χ1v) is 5.83. The van der Waals surface area contributed by atoms with Gasteiger partial charge in [0.1, 0.15) is 0 Å². The summed E-state index contributed by atoms with van der Waals surface area (Å²) >= 11 is 0. The number of benzene rings is 1. The number of nitrogens with two attached hydrogens (primary N) is 1. The van der Waals surface area contributed by atoms with Gasteiger partial charge in [0.2, 0.25) is 0 Å². The van der Waals surface area contributed by atoms with Crippen LogP contribution in [0.1, 0.15) is 49.4 Å². The van der Waals surface area contributed by atoms with Crippen LogP contribution in [0.5, 0.6) is 0 Å². The number of hydrogen-bond acceptors (Lipinski definition) is 1. The highest BCUT2D eigenvalue weighted by molar-refractivity contribution is 5.31. The molecule has 2 N–H and O–H groups in total. The van der Waals surface area contributed by atoms with Crippen LogP contribution >= 0.6 is 0 Å². The van der Waals surface area contributed by atoms with Gasteiger partial charge >= 0.3 is 0 Å². The zero-order valence-electron chi connectivity index (χ0n) is 10.4. The summed E-state index contributed by atoms with van der Waals surface area (Å²) in [6.07, 6.45) is 2.29. The van der Waals surface area contributed by atoms with Gasteiger partial charge in [-0.3, -0.25) is 0 Å². The highest BCUT2D eigenvalue weighted by Crippen LogP contribution is 2.20. The van der Waals surface area contributed by atoms with Gasteiger partial charge in [-0.25, -0.2) is 0 Å². The maximum atomic E-state index is 6.16. The number of hydrogen-bond donors (Lipinski definition) is 1. The van der Waals surface area contributed by atoms with E-state index in [1.165, 1.54) is 23.1 Å². The van der Waals surface area contributed by atoms with Gasteiger partial charge in [-0.15, -0.1) is 0 Å². The number of aryl methyl sites for hydroxylation is 2. The third-order valence-corrected chi connectivity index (χ3v) is 3.01. The summed E-state index contributed by atoms with van der Waals surface area (Å²) in [5, 5.41) is 0. The standard InChI is InChI=1S/C14H23N/c1-10(2)5-8-14(15)13-7-6-11(3)12(4)9-13/h6-7,9-10,14H,5,8,15H2,1-4H3/t14-/m1/s1. The van der Waals surface area contributed by atoms with Crippen LogP contribution in [0.25, 0.3) is 0 Å². The normalized spacial score (nSPS) is 13.2. The molecule has 1 aromatic rings. The summed E-state index contributed by atoms with van der Waals surface area (Å²) in [5.74, 6) is 0.739. The van der Waals surface area contributed by atoms with E-state index >= 15 is 0 Å². The molecule has 0 aromatic heterocycles. The molecule has 0 saturated heterocycles. The Kier molecular flexibility index (Phi) is 4.34. The van der Waals surface area contributed by atoms with E-state index in [2.05, 4.69) is 45.9 Å². The maximum Gasteiger partial charge on any atom is 0.0295 e. The van der Waals surface area contributed by atoms with Gasteiger partial charge in [0.15, 0.2) is 0 Å². The Hall–Kier alpha value is -0.820. The Bertz CT molecular complexity index is 315. The van der Waals surface area contributed by atoms with Crippen LogP contribution in [0.4, 0.5) is 0 Å². The molecule has 1 nitrogen and oxygen atoms in total. The molecule has 1 rings (SSSR count). The molecule has 1 heteroatoms. The van der Waals surface area contributed by atoms with Crippen LogP contribution in [-0.4, -0.2) is 0 Å². The zero-order chi connectivity index (χ0) is 11.4. The van der Waals surface area contributed by atoms with Crippen LogP contribution in [0.15, 0.2) is 18.2 Å². The molecule has 1 aromatic carbocycles. The first kappa shape index (κ1) is 12.3. The molecule has 0 radical (unpaired) electrons. The predicted octanol–water partition coefficient (Wildman–Crippen LogP) is 3.74. The van der Waals surface area contributed by atoms with Crippen molar-refractivity contribution < 1.29 is 0 Å². The van der Waals surface area contributed by atoms with Crippen molar-refractivity contribution in [3.8, 4) is 0 Å². The Morgan fingerprint density at radius 3 is 2.27 bits per heavy atom. The van der Waals surface area contributed by atoms with Crippen LogP contribution < -0.4 is 5.73 Å². The smallest absolute Gasteiger partial charge is 0.0295 e.